The Hall–Kier alpha value is -2.90. The molecule has 0 saturated carbocycles. The molecule has 7 heteroatoms. The Kier molecular flexibility index (Phi) is 3.44. The summed E-state index contributed by atoms with van der Waals surface area (Å²) < 4.78 is 1.11. The molecule has 0 aliphatic rings. The van der Waals surface area contributed by atoms with Crippen molar-refractivity contribution in [3.63, 3.8) is 0 Å². The van der Waals surface area contributed by atoms with Crippen LogP contribution in [0.25, 0.3) is 42.9 Å². The zero-order chi connectivity index (χ0) is 17.7. The molecule has 0 saturated heterocycles. The van der Waals surface area contributed by atoms with Crippen molar-refractivity contribution in [1.82, 2.24) is 19.9 Å². The number of hydrogen-bond acceptors (Lipinski definition) is 6. The van der Waals surface area contributed by atoms with Gasteiger partial charge in [0, 0.05) is 24.0 Å². The molecule has 0 amide bonds. The lowest BCUT2D eigenvalue weighted by Crippen LogP contribution is -2.03. The van der Waals surface area contributed by atoms with Gasteiger partial charge in [-0.2, -0.15) is 0 Å². The van der Waals surface area contributed by atoms with Gasteiger partial charge in [0.05, 0.1) is 36.7 Å². The van der Waals surface area contributed by atoms with Gasteiger partial charge in [-0.3, -0.25) is 4.79 Å². The number of fused-ring (bicyclic) bond motifs is 2. The number of pyridine rings is 2. The van der Waals surface area contributed by atoms with Crippen molar-refractivity contribution in [3.05, 3.63) is 63.5 Å². The first-order chi connectivity index (χ1) is 12.7. The maximum atomic E-state index is 12.3. The standard InChI is InChI=1S/C19H12N4OS2/c1-10-21-8-17(26-10)18-12(7-13-15(24)4-5-20-19(13)23-18)11-2-3-14-16(6-11)25-9-22-14/h2-9H,1H3,(H,20,23,24). The summed E-state index contributed by atoms with van der Waals surface area (Å²) in [5.41, 5.74) is 6.12. The van der Waals surface area contributed by atoms with Crippen LogP contribution in [0, 0.1) is 6.92 Å². The van der Waals surface area contributed by atoms with Gasteiger partial charge < -0.3 is 4.98 Å². The van der Waals surface area contributed by atoms with E-state index in [1.807, 2.05) is 36.8 Å². The predicted octanol–water partition coefficient (Wildman–Crippen LogP) is 4.63. The highest BCUT2D eigenvalue weighted by Gasteiger charge is 2.15. The summed E-state index contributed by atoms with van der Waals surface area (Å²) in [6.45, 7) is 1.97. The first-order valence-electron chi connectivity index (χ1n) is 7.98. The minimum atomic E-state index is -0.0431. The van der Waals surface area contributed by atoms with E-state index in [0.717, 1.165) is 36.9 Å². The zero-order valence-corrected chi connectivity index (χ0v) is 15.3. The Morgan fingerprint density at radius 1 is 1.12 bits per heavy atom. The summed E-state index contributed by atoms with van der Waals surface area (Å²) in [4.78, 5) is 29.8. The van der Waals surface area contributed by atoms with E-state index in [1.165, 1.54) is 6.07 Å². The summed E-state index contributed by atoms with van der Waals surface area (Å²) in [7, 11) is 0. The van der Waals surface area contributed by atoms with Gasteiger partial charge in [0.25, 0.3) is 0 Å². The van der Waals surface area contributed by atoms with Gasteiger partial charge in [-0.25, -0.2) is 15.0 Å². The fourth-order valence-electron chi connectivity index (χ4n) is 3.00. The molecule has 1 N–H and O–H groups in total. The molecule has 0 unspecified atom stereocenters. The number of rotatable bonds is 2. The molecule has 5 rings (SSSR count). The second kappa shape index (κ2) is 5.82. The van der Waals surface area contributed by atoms with Crippen LogP contribution in [-0.4, -0.2) is 19.9 Å². The van der Waals surface area contributed by atoms with Crippen LogP contribution < -0.4 is 5.43 Å². The SMILES string of the molecule is Cc1ncc(-c2nc3[nH]ccc(=O)c3cc2-c2ccc3ncsc3c2)s1. The Bertz CT molecular complexity index is 1330. The number of aromatic nitrogens is 4. The minimum Gasteiger partial charge on any atom is -0.346 e. The number of H-pyrrole nitrogens is 1. The normalized spacial score (nSPS) is 11.4. The second-order valence-corrected chi connectivity index (χ2v) is 8.02. The van der Waals surface area contributed by atoms with Gasteiger partial charge in [-0.15, -0.1) is 22.7 Å². The number of aromatic amines is 1. The highest BCUT2D eigenvalue weighted by molar-refractivity contribution is 7.16. The summed E-state index contributed by atoms with van der Waals surface area (Å²) in [5.74, 6) is 0. The maximum Gasteiger partial charge on any atom is 0.191 e. The maximum absolute atomic E-state index is 12.3. The average Bonchev–Trinajstić information content (AvgIpc) is 3.29. The number of benzene rings is 1. The van der Waals surface area contributed by atoms with E-state index < -0.39 is 0 Å². The summed E-state index contributed by atoms with van der Waals surface area (Å²) >= 11 is 3.19. The smallest absolute Gasteiger partial charge is 0.191 e. The van der Waals surface area contributed by atoms with E-state index in [4.69, 9.17) is 4.98 Å². The fraction of sp³-hybridized carbons (Fsp3) is 0.0526. The molecule has 126 valence electrons. The molecule has 0 atom stereocenters. The molecule has 0 fully saturated rings. The molecule has 0 aliphatic heterocycles. The Labute approximate surface area is 156 Å². The molecule has 5 nitrogen and oxygen atoms in total. The molecule has 0 radical (unpaired) electrons. The third kappa shape index (κ3) is 2.44. The molecule has 0 spiro atoms. The number of aryl methyl sites for hydroxylation is 1. The highest BCUT2D eigenvalue weighted by Crippen LogP contribution is 2.36. The van der Waals surface area contributed by atoms with Crippen LogP contribution >= 0.6 is 22.7 Å². The first-order valence-corrected chi connectivity index (χ1v) is 9.67. The Morgan fingerprint density at radius 2 is 2.04 bits per heavy atom. The van der Waals surface area contributed by atoms with E-state index in [0.29, 0.717) is 11.0 Å². The van der Waals surface area contributed by atoms with Crippen molar-refractivity contribution in [2.24, 2.45) is 0 Å². The second-order valence-electron chi connectivity index (χ2n) is 5.90. The van der Waals surface area contributed by atoms with Crippen LogP contribution in [0.5, 0.6) is 0 Å². The van der Waals surface area contributed by atoms with Gasteiger partial charge >= 0.3 is 0 Å². The van der Waals surface area contributed by atoms with Gasteiger partial charge in [-0.05, 0) is 30.7 Å². The van der Waals surface area contributed by atoms with E-state index >= 15 is 0 Å². The van der Waals surface area contributed by atoms with E-state index in [-0.39, 0.29) is 5.43 Å². The molecular weight excluding hydrogens is 364 g/mol. The summed E-state index contributed by atoms with van der Waals surface area (Å²) in [6.07, 6.45) is 3.46. The third-order valence-electron chi connectivity index (χ3n) is 4.24. The minimum absolute atomic E-state index is 0.0431. The quantitative estimate of drug-likeness (QED) is 0.487. The van der Waals surface area contributed by atoms with E-state index in [1.54, 1.807) is 28.9 Å². The average molecular weight is 376 g/mol. The van der Waals surface area contributed by atoms with Gasteiger partial charge in [0.2, 0.25) is 0 Å². The third-order valence-corrected chi connectivity index (χ3v) is 5.95. The Morgan fingerprint density at radius 3 is 2.88 bits per heavy atom. The molecule has 5 aromatic rings. The number of nitrogens with zero attached hydrogens (tertiary/aromatic N) is 3. The number of thiazole rings is 2. The van der Waals surface area contributed by atoms with Crippen molar-refractivity contribution in [2.45, 2.75) is 6.92 Å². The lowest BCUT2D eigenvalue weighted by Gasteiger charge is -2.09. The molecule has 0 bridgehead atoms. The van der Waals surface area contributed by atoms with Gasteiger partial charge in [0.15, 0.2) is 5.43 Å². The van der Waals surface area contributed by atoms with E-state index in [2.05, 4.69) is 21.0 Å². The number of hydrogen-bond donors (Lipinski definition) is 1. The first kappa shape index (κ1) is 15.4. The topological polar surface area (TPSA) is 71.5 Å². The van der Waals surface area contributed by atoms with Crippen molar-refractivity contribution in [2.75, 3.05) is 0 Å². The van der Waals surface area contributed by atoms with Crippen LogP contribution in [-0.2, 0) is 0 Å². The van der Waals surface area contributed by atoms with Gasteiger partial charge in [-0.1, -0.05) is 6.07 Å². The largest absolute Gasteiger partial charge is 0.346 e. The lowest BCUT2D eigenvalue weighted by atomic mass is 10.0. The van der Waals surface area contributed by atoms with E-state index in [9.17, 15) is 4.79 Å². The van der Waals surface area contributed by atoms with Crippen LogP contribution in [0.3, 0.4) is 0 Å². The molecule has 4 heterocycles. The molecule has 26 heavy (non-hydrogen) atoms. The van der Waals surface area contributed by atoms with Crippen LogP contribution in [0.15, 0.2) is 53.0 Å². The fourth-order valence-corrected chi connectivity index (χ4v) is 4.50. The van der Waals surface area contributed by atoms with Crippen LogP contribution in [0.2, 0.25) is 0 Å². The predicted molar refractivity (Wildman–Crippen MR) is 107 cm³/mol. The lowest BCUT2D eigenvalue weighted by molar-refractivity contribution is 1.27. The zero-order valence-electron chi connectivity index (χ0n) is 13.7. The van der Waals surface area contributed by atoms with Gasteiger partial charge in [0.1, 0.15) is 5.65 Å². The van der Waals surface area contributed by atoms with Crippen molar-refractivity contribution < 1.29 is 0 Å². The van der Waals surface area contributed by atoms with Crippen molar-refractivity contribution in [3.8, 4) is 21.7 Å². The highest BCUT2D eigenvalue weighted by atomic mass is 32.1. The molecule has 0 aliphatic carbocycles. The monoisotopic (exact) mass is 376 g/mol. The molecule has 4 aromatic heterocycles. The summed E-state index contributed by atoms with van der Waals surface area (Å²) in [6, 6.07) is 9.58. The van der Waals surface area contributed by atoms with Crippen LogP contribution in [0.1, 0.15) is 5.01 Å². The number of nitrogens with one attached hydrogen (secondary N) is 1. The summed E-state index contributed by atoms with van der Waals surface area (Å²) in [5, 5.41) is 1.56. The van der Waals surface area contributed by atoms with Crippen LogP contribution in [0.4, 0.5) is 0 Å². The Balaban J connectivity index is 1.86. The van der Waals surface area contributed by atoms with Crippen molar-refractivity contribution in [1.29, 1.82) is 0 Å². The molecular formula is C19H12N4OS2. The van der Waals surface area contributed by atoms with Crippen molar-refractivity contribution >= 4 is 43.9 Å². The molecule has 1 aromatic carbocycles.